The zero-order chi connectivity index (χ0) is 13.4. The van der Waals surface area contributed by atoms with Gasteiger partial charge in [0, 0.05) is 10.0 Å². The predicted molar refractivity (Wildman–Crippen MR) is 86.3 cm³/mol. The van der Waals surface area contributed by atoms with Gasteiger partial charge >= 0.3 is 0 Å². The van der Waals surface area contributed by atoms with E-state index in [4.69, 9.17) is 23.2 Å². The van der Waals surface area contributed by atoms with Gasteiger partial charge in [-0.25, -0.2) is 0 Å². The van der Waals surface area contributed by atoms with Gasteiger partial charge in [0.2, 0.25) is 0 Å². The summed E-state index contributed by atoms with van der Waals surface area (Å²) in [4.78, 5) is 1.98. The molecule has 0 bridgehead atoms. The fraction of sp³-hybridized carbons (Fsp3) is 0.125. The lowest BCUT2D eigenvalue weighted by atomic mass is 9.96. The van der Waals surface area contributed by atoms with Crippen LogP contribution in [-0.4, -0.2) is 0 Å². The van der Waals surface area contributed by atoms with Crippen molar-refractivity contribution in [1.82, 2.24) is 0 Å². The zero-order valence-electron chi connectivity index (χ0n) is 10.1. The van der Waals surface area contributed by atoms with Crippen molar-refractivity contribution in [3.05, 3.63) is 73.7 Å². The molecule has 0 N–H and O–H groups in total. The summed E-state index contributed by atoms with van der Waals surface area (Å²) < 4.78 is 0. The Balaban J connectivity index is 2.24. The lowest BCUT2D eigenvalue weighted by Crippen LogP contribution is -1.91. The molecule has 0 amide bonds. The molecule has 2 aromatic carbocycles. The number of aryl methyl sites for hydroxylation is 2. The Morgan fingerprint density at radius 1 is 0.842 bits per heavy atom. The summed E-state index contributed by atoms with van der Waals surface area (Å²) in [7, 11) is 0. The van der Waals surface area contributed by atoms with Crippen LogP contribution in [0, 0.1) is 0 Å². The molecule has 0 fully saturated rings. The maximum absolute atomic E-state index is 6.11. The van der Waals surface area contributed by atoms with E-state index in [1.165, 1.54) is 27.8 Å². The summed E-state index contributed by atoms with van der Waals surface area (Å²) in [6.45, 7) is 0. The molecule has 0 unspecified atom stereocenters. The van der Waals surface area contributed by atoms with Gasteiger partial charge in [0.1, 0.15) is 0 Å². The highest BCUT2D eigenvalue weighted by molar-refractivity contribution is 9.11. The zero-order valence-corrected chi connectivity index (χ0v) is 13.2. The average Bonchev–Trinajstić information content (AvgIpc) is 2.54. The van der Waals surface area contributed by atoms with Crippen molar-refractivity contribution >= 4 is 44.7 Å². The summed E-state index contributed by atoms with van der Waals surface area (Å²) in [5, 5.41) is 1.58. The van der Waals surface area contributed by atoms with Crippen molar-refractivity contribution in [2.45, 2.75) is 12.8 Å². The second-order valence-corrected chi connectivity index (χ2v) is 5.96. The molecule has 96 valence electrons. The second-order valence-electron chi connectivity index (χ2n) is 4.63. The molecule has 0 saturated carbocycles. The fourth-order valence-electron chi connectivity index (χ4n) is 2.60. The van der Waals surface area contributed by atoms with Crippen LogP contribution in [0.2, 0.25) is 10.0 Å². The third-order valence-electron chi connectivity index (χ3n) is 3.49. The van der Waals surface area contributed by atoms with Gasteiger partial charge < -0.3 is 0 Å². The van der Waals surface area contributed by atoms with Crippen LogP contribution in [0.5, 0.6) is 0 Å². The average molecular weight is 354 g/mol. The molecule has 0 heterocycles. The summed E-state index contributed by atoms with van der Waals surface area (Å²) in [6, 6.07) is 12.2. The molecule has 2 aromatic rings. The van der Waals surface area contributed by atoms with E-state index in [1.807, 2.05) is 17.1 Å². The van der Waals surface area contributed by atoms with Crippen LogP contribution in [0.3, 0.4) is 0 Å². The molecule has 0 aromatic heterocycles. The van der Waals surface area contributed by atoms with Gasteiger partial charge in [-0.15, -0.1) is 0 Å². The molecule has 0 nitrogen and oxygen atoms in total. The van der Waals surface area contributed by atoms with Gasteiger partial charge in [-0.05, 0) is 69.9 Å². The van der Waals surface area contributed by atoms with E-state index >= 15 is 0 Å². The van der Waals surface area contributed by atoms with Crippen molar-refractivity contribution < 1.29 is 0 Å². The van der Waals surface area contributed by atoms with Crippen LogP contribution in [0.15, 0.2) is 41.4 Å². The molecular weight excluding hydrogens is 343 g/mol. The topological polar surface area (TPSA) is 0 Å². The second kappa shape index (κ2) is 5.32. The lowest BCUT2D eigenvalue weighted by molar-refractivity contribution is 0.965. The minimum absolute atomic E-state index is 0.789. The van der Waals surface area contributed by atoms with E-state index < -0.39 is 0 Å². The Morgan fingerprint density at radius 3 is 1.74 bits per heavy atom. The molecule has 0 spiro atoms. The third-order valence-corrected chi connectivity index (χ3v) is 4.42. The van der Waals surface area contributed by atoms with Crippen LogP contribution >= 0.6 is 39.1 Å². The van der Waals surface area contributed by atoms with E-state index in [0.717, 1.165) is 22.9 Å². The van der Waals surface area contributed by atoms with Crippen LogP contribution in [0.1, 0.15) is 22.3 Å². The van der Waals surface area contributed by atoms with Crippen molar-refractivity contribution in [2.75, 3.05) is 0 Å². The first-order valence-electron chi connectivity index (χ1n) is 6.07. The number of hydrogen-bond donors (Lipinski definition) is 0. The fourth-order valence-corrected chi connectivity index (χ4v) is 3.48. The Hall–Kier alpha value is -0.760. The van der Waals surface area contributed by atoms with Crippen LogP contribution in [0.4, 0.5) is 0 Å². The first-order valence-corrected chi connectivity index (χ1v) is 7.74. The van der Waals surface area contributed by atoms with E-state index in [1.54, 1.807) is 0 Å². The maximum Gasteiger partial charge on any atom is 0.0409 e. The monoisotopic (exact) mass is 352 g/mol. The molecule has 1 aliphatic carbocycles. The standard InChI is InChI=1S/C16H11BrCl2/c17-9-16-14-5-3-12(18)7-10(14)1-2-11-8-13(19)4-6-15(11)16/h3-9H,1-2H2. The summed E-state index contributed by atoms with van der Waals surface area (Å²) in [5.74, 6) is 0. The van der Waals surface area contributed by atoms with Crippen molar-refractivity contribution in [3.63, 3.8) is 0 Å². The number of fused-ring (bicyclic) bond motifs is 2. The molecule has 0 saturated heterocycles. The highest BCUT2D eigenvalue weighted by Crippen LogP contribution is 2.36. The molecule has 3 heteroatoms. The quantitative estimate of drug-likeness (QED) is 0.555. The smallest absolute Gasteiger partial charge is 0.0409 e. The first-order chi connectivity index (χ1) is 9.19. The van der Waals surface area contributed by atoms with E-state index in [0.29, 0.717) is 0 Å². The number of benzene rings is 2. The molecule has 0 atom stereocenters. The predicted octanol–water partition coefficient (Wildman–Crippen LogP) is 5.88. The Labute approximate surface area is 131 Å². The minimum atomic E-state index is 0.789. The SMILES string of the molecule is Clc1ccc2c(c1)CCc1cc(Cl)ccc1C2=CBr. The summed E-state index contributed by atoms with van der Waals surface area (Å²) in [5.41, 5.74) is 6.23. The van der Waals surface area contributed by atoms with Crippen LogP contribution < -0.4 is 0 Å². The highest BCUT2D eigenvalue weighted by atomic mass is 79.9. The Kier molecular flexibility index (Phi) is 3.70. The summed E-state index contributed by atoms with van der Waals surface area (Å²) >= 11 is 15.7. The van der Waals surface area contributed by atoms with E-state index in [2.05, 4.69) is 40.2 Å². The molecule has 3 rings (SSSR count). The van der Waals surface area contributed by atoms with Gasteiger partial charge in [0.25, 0.3) is 0 Å². The molecule has 1 aliphatic rings. The number of rotatable bonds is 0. The minimum Gasteiger partial charge on any atom is -0.0843 e. The van der Waals surface area contributed by atoms with E-state index in [9.17, 15) is 0 Å². The van der Waals surface area contributed by atoms with Crippen molar-refractivity contribution in [1.29, 1.82) is 0 Å². The van der Waals surface area contributed by atoms with Crippen molar-refractivity contribution in [3.8, 4) is 0 Å². The maximum atomic E-state index is 6.11. The van der Waals surface area contributed by atoms with Crippen molar-refractivity contribution in [2.24, 2.45) is 0 Å². The Bertz CT molecular complexity index is 619. The molecule has 0 aliphatic heterocycles. The molecule has 0 radical (unpaired) electrons. The first kappa shape index (κ1) is 13.2. The lowest BCUT2D eigenvalue weighted by Gasteiger charge is -2.11. The van der Waals surface area contributed by atoms with Gasteiger partial charge in [0.05, 0.1) is 0 Å². The van der Waals surface area contributed by atoms with Crippen LogP contribution in [-0.2, 0) is 12.8 Å². The van der Waals surface area contributed by atoms with Crippen LogP contribution in [0.25, 0.3) is 5.57 Å². The van der Waals surface area contributed by atoms with Gasteiger partial charge in [0.15, 0.2) is 0 Å². The largest absolute Gasteiger partial charge is 0.0843 e. The summed E-state index contributed by atoms with van der Waals surface area (Å²) in [6.07, 6.45) is 1.96. The van der Waals surface area contributed by atoms with Gasteiger partial charge in [-0.2, -0.15) is 0 Å². The normalized spacial score (nSPS) is 13.5. The molecular formula is C16H11BrCl2. The third kappa shape index (κ3) is 2.47. The Morgan fingerprint density at radius 2 is 1.32 bits per heavy atom. The number of hydrogen-bond acceptors (Lipinski definition) is 0. The van der Waals surface area contributed by atoms with E-state index in [-0.39, 0.29) is 0 Å². The highest BCUT2D eigenvalue weighted by Gasteiger charge is 2.18. The number of halogens is 3. The molecule has 19 heavy (non-hydrogen) atoms. The van der Waals surface area contributed by atoms with Gasteiger partial charge in [-0.1, -0.05) is 51.3 Å². The van der Waals surface area contributed by atoms with Gasteiger partial charge in [-0.3, -0.25) is 0 Å².